The minimum atomic E-state index is 1.04. The maximum absolute atomic E-state index is 4.61. The molecule has 0 atom stereocenters. The number of aryl methyl sites for hydroxylation is 5. The van der Waals surface area contributed by atoms with Gasteiger partial charge >= 0.3 is 0 Å². The molecule has 0 saturated heterocycles. The third kappa shape index (κ3) is 16.4. The Labute approximate surface area is 219 Å². The Kier molecular flexibility index (Phi) is 18.8. The summed E-state index contributed by atoms with van der Waals surface area (Å²) in [6.07, 6.45) is 7.85. The summed E-state index contributed by atoms with van der Waals surface area (Å²) in [5, 5.41) is 2.12. The number of nitrogens with two attached hydrogens (primary N) is 1. The molecule has 0 aliphatic heterocycles. The molecule has 1 heterocycles. The van der Waals surface area contributed by atoms with E-state index in [1.54, 1.807) is 0 Å². The molecule has 35 heavy (non-hydrogen) atoms. The van der Waals surface area contributed by atoms with Crippen LogP contribution in [0.25, 0.3) is 0 Å². The lowest BCUT2D eigenvalue weighted by atomic mass is 10.0. The van der Waals surface area contributed by atoms with Gasteiger partial charge in [0.2, 0.25) is 0 Å². The van der Waals surface area contributed by atoms with E-state index in [1.165, 1.54) is 44.6 Å². The van der Waals surface area contributed by atoms with Crippen molar-refractivity contribution < 1.29 is 0 Å². The molecular formula is C32H46N2S. The quantitative estimate of drug-likeness (QED) is 0.344. The van der Waals surface area contributed by atoms with Crippen molar-refractivity contribution in [3.63, 3.8) is 0 Å². The number of hydrogen-bond acceptors (Lipinski definition) is 3. The molecule has 2 nitrogen and oxygen atoms in total. The minimum Gasteiger partial charge on any atom is -0.405 e. The van der Waals surface area contributed by atoms with Crippen molar-refractivity contribution in [3.05, 3.63) is 118 Å². The molecule has 0 fully saturated rings. The second-order valence-electron chi connectivity index (χ2n) is 8.37. The first-order valence-corrected chi connectivity index (χ1v) is 13.2. The Morgan fingerprint density at radius 1 is 0.971 bits per heavy atom. The van der Waals surface area contributed by atoms with E-state index in [0.717, 1.165) is 25.7 Å². The summed E-state index contributed by atoms with van der Waals surface area (Å²) in [4.78, 5) is 5.71. The SMILES string of the molecule is C=CN.CCc1cc(C)ccc1C.CCc1ccccc1.CN=C(C=C(C)C)CCc1cccs1. The number of rotatable bonds is 6. The molecular weight excluding hydrogens is 444 g/mol. The minimum absolute atomic E-state index is 1.04. The van der Waals surface area contributed by atoms with Crippen LogP contribution >= 0.6 is 11.3 Å². The summed E-state index contributed by atoms with van der Waals surface area (Å²) in [7, 11) is 1.86. The lowest BCUT2D eigenvalue weighted by Gasteiger charge is -2.02. The van der Waals surface area contributed by atoms with Gasteiger partial charge < -0.3 is 5.73 Å². The molecule has 1 aromatic heterocycles. The van der Waals surface area contributed by atoms with E-state index in [0.29, 0.717) is 0 Å². The lowest BCUT2D eigenvalue weighted by Crippen LogP contribution is -1.96. The molecule has 2 N–H and O–H groups in total. The van der Waals surface area contributed by atoms with E-state index < -0.39 is 0 Å². The topological polar surface area (TPSA) is 38.4 Å². The lowest BCUT2D eigenvalue weighted by molar-refractivity contribution is 1.06. The van der Waals surface area contributed by atoms with E-state index in [-0.39, 0.29) is 0 Å². The number of allylic oxidation sites excluding steroid dienone is 2. The average Bonchev–Trinajstić information content (AvgIpc) is 3.38. The summed E-state index contributed by atoms with van der Waals surface area (Å²) in [5.41, 5.74) is 12.8. The van der Waals surface area contributed by atoms with Gasteiger partial charge in [-0.1, -0.05) is 86.2 Å². The van der Waals surface area contributed by atoms with Crippen LogP contribution in [-0.4, -0.2) is 12.8 Å². The fraction of sp³-hybridized carbons (Fsp3) is 0.344. The van der Waals surface area contributed by atoms with Gasteiger partial charge in [0.15, 0.2) is 0 Å². The molecule has 2 aromatic carbocycles. The van der Waals surface area contributed by atoms with Crippen molar-refractivity contribution in [1.82, 2.24) is 0 Å². The molecule has 190 valence electrons. The molecule has 0 amide bonds. The van der Waals surface area contributed by atoms with Crippen molar-refractivity contribution >= 4 is 17.0 Å². The molecule has 3 aromatic rings. The first kappa shape index (κ1) is 32.1. The summed E-state index contributed by atoms with van der Waals surface area (Å²) in [6.45, 7) is 16.0. The smallest absolute Gasteiger partial charge is 0.0347 e. The van der Waals surface area contributed by atoms with Crippen molar-refractivity contribution in [2.45, 2.75) is 67.2 Å². The van der Waals surface area contributed by atoms with Crippen molar-refractivity contribution in [2.75, 3.05) is 7.05 Å². The van der Waals surface area contributed by atoms with E-state index in [1.807, 2.05) is 24.5 Å². The fourth-order valence-corrected chi connectivity index (χ4v) is 3.89. The van der Waals surface area contributed by atoms with Crippen LogP contribution in [0.1, 0.15) is 61.2 Å². The average molecular weight is 491 g/mol. The van der Waals surface area contributed by atoms with E-state index in [2.05, 4.69) is 125 Å². The van der Waals surface area contributed by atoms with E-state index in [9.17, 15) is 0 Å². The Morgan fingerprint density at radius 3 is 2.06 bits per heavy atom. The summed E-state index contributed by atoms with van der Waals surface area (Å²) in [6, 6.07) is 21.3. The molecule has 0 aliphatic carbocycles. The Bertz CT molecular complexity index is 980. The molecule has 3 rings (SSSR count). The Morgan fingerprint density at radius 2 is 1.63 bits per heavy atom. The third-order valence-corrected chi connectivity index (χ3v) is 6.02. The van der Waals surface area contributed by atoms with Crippen LogP contribution < -0.4 is 5.73 Å². The second kappa shape index (κ2) is 20.5. The summed E-state index contributed by atoms with van der Waals surface area (Å²) in [5.74, 6) is 0. The maximum Gasteiger partial charge on any atom is 0.0347 e. The van der Waals surface area contributed by atoms with Gasteiger partial charge in [0.1, 0.15) is 0 Å². The molecule has 0 unspecified atom stereocenters. The highest BCUT2D eigenvalue weighted by molar-refractivity contribution is 7.09. The van der Waals surface area contributed by atoms with Gasteiger partial charge in [0.05, 0.1) is 0 Å². The first-order chi connectivity index (χ1) is 16.8. The van der Waals surface area contributed by atoms with Crippen LogP contribution in [0, 0.1) is 13.8 Å². The van der Waals surface area contributed by atoms with Crippen LogP contribution in [-0.2, 0) is 19.3 Å². The van der Waals surface area contributed by atoms with Gasteiger partial charge in [-0.2, -0.15) is 0 Å². The van der Waals surface area contributed by atoms with Crippen LogP contribution in [0.5, 0.6) is 0 Å². The Hall–Kier alpha value is -2.91. The first-order valence-electron chi connectivity index (χ1n) is 12.4. The van der Waals surface area contributed by atoms with Crippen LogP contribution in [0.2, 0.25) is 0 Å². The molecule has 3 heteroatoms. The molecule has 0 saturated carbocycles. The summed E-state index contributed by atoms with van der Waals surface area (Å²) < 4.78 is 0. The normalized spacial score (nSPS) is 9.86. The van der Waals surface area contributed by atoms with Gasteiger partial charge in [0.25, 0.3) is 0 Å². The maximum atomic E-state index is 4.61. The van der Waals surface area contributed by atoms with Gasteiger partial charge in [0, 0.05) is 17.6 Å². The fourth-order valence-electron chi connectivity index (χ4n) is 3.18. The zero-order valence-electron chi connectivity index (χ0n) is 23.0. The standard InChI is InChI=1S/C12H17NS.C10H14.C8H10.C2H5N/c1-10(2)9-11(13-3)6-7-12-5-4-8-14-12;1-4-10-7-8(2)5-6-9(10)3;1-2-8-6-4-3-5-7-8;1-2-3/h4-5,8-9H,6-7H2,1-3H3;5-7H,4H2,1-3H3;3-7H,2H2,1H3;2H,1,3H2. The zero-order valence-corrected chi connectivity index (χ0v) is 23.8. The van der Waals surface area contributed by atoms with Gasteiger partial charge in [-0.05, 0) is 93.8 Å². The largest absolute Gasteiger partial charge is 0.405 e. The van der Waals surface area contributed by atoms with Crippen molar-refractivity contribution in [2.24, 2.45) is 10.7 Å². The number of aliphatic imine (C=N–C) groups is 1. The summed E-state index contributed by atoms with van der Waals surface area (Å²) >= 11 is 1.82. The molecule has 0 bridgehead atoms. The Balaban J connectivity index is 0.000000485. The second-order valence-corrected chi connectivity index (χ2v) is 9.41. The third-order valence-electron chi connectivity index (χ3n) is 5.09. The highest BCUT2D eigenvalue weighted by Gasteiger charge is 1.98. The molecule has 0 aliphatic rings. The number of thiophene rings is 1. The molecule has 0 radical (unpaired) electrons. The highest BCUT2D eigenvalue weighted by atomic mass is 32.1. The monoisotopic (exact) mass is 490 g/mol. The van der Waals surface area contributed by atoms with Crippen LogP contribution in [0.4, 0.5) is 0 Å². The van der Waals surface area contributed by atoms with Crippen LogP contribution in [0.15, 0.2) is 95.5 Å². The number of benzene rings is 2. The van der Waals surface area contributed by atoms with E-state index >= 15 is 0 Å². The van der Waals surface area contributed by atoms with Gasteiger partial charge in [-0.3, -0.25) is 4.99 Å². The van der Waals surface area contributed by atoms with Crippen molar-refractivity contribution in [3.8, 4) is 0 Å². The van der Waals surface area contributed by atoms with Gasteiger partial charge in [-0.25, -0.2) is 0 Å². The predicted octanol–water partition coefficient (Wildman–Crippen LogP) is 8.92. The number of nitrogens with zero attached hydrogens (tertiary/aromatic N) is 1. The van der Waals surface area contributed by atoms with Crippen molar-refractivity contribution in [1.29, 1.82) is 0 Å². The molecule has 0 spiro atoms. The highest BCUT2D eigenvalue weighted by Crippen LogP contribution is 2.12. The van der Waals surface area contributed by atoms with Crippen LogP contribution in [0.3, 0.4) is 0 Å². The predicted molar refractivity (Wildman–Crippen MR) is 161 cm³/mol. The zero-order chi connectivity index (χ0) is 26.5. The number of hydrogen-bond donors (Lipinski definition) is 1. The van der Waals surface area contributed by atoms with E-state index in [4.69, 9.17) is 0 Å². The van der Waals surface area contributed by atoms with Gasteiger partial charge in [-0.15, -0.1) is 11.3 Å².